The largest absolute Gasteiger partial charge is 0.496 e. The van der Waals surface area contributed by atoms with Gasteiger partial charge in [0, 0.05) is 43.2 Å². The minimum absolute atomic E-state index is 0.0323. The molecule has 0 fully saturated rings. The summed E-state index contributed by atoms with van der Waals surface area (Å²) in [6.07, 6.45) is 39.5. The number of methoxy groups -OCH3 is 2. The molecule has 1 aliphatic rings. The topological polar surface area (TPSA) is 193 Å². The van der Waals surface area contributed by atoms with Gasteiger partial charge in [-0.2, -0.15) is 0 Å². The highest BCUT2D eigenvalue weighted by Gasteiger charge is 2.35. The Balaban J connectivity index is 1.75. The number of rotatable bonds is 54. The zero-order chi connectivity index (χ0) is 62.3. The molecule has 0 aliphatic carbocycles. The Bertz CT molecular complexity index is 2030. The molecule has 486 valence electrons. The van der Waals surface area contributed by atoms with Gasteiger partial charge in [-0.15, -0.1) is 0 Å². The Kier molecular flexibility index (Phi) is 44.0. The molecular formula is C70H116O15. The lowest BCUT2D eigenvalue weighted by Gasteiger charge is -2.20. The van der Waals surface area contributed by atoms with Crippen molar-refractivity contribution in [3.8, 4) is 11.5 Å². The molecule has 1 heterocycles. The second-order valence-electron chi connectivity index (χ2n) is 24.1. The third kappa shape index (κ3) is 36.1. The van der Waals surface area contributed by atoms with E-state index < -0.39 is 29.9 Å². The zero-order valence-electron chi connectivity index (χ0n) is 54.5. The van der Waals surface area contributed by atoms with Gasteiger partial charge in [-0.05, 0) is 70.3 Å². The number of esters is 7. The standard InChI is InChI=1S/C70H116O15/c1-9-11-13-15-17-19-21-23-25-27-29-31-36-43-63(73)81-51-58(52-82-64(74)44-37-32-30-28-26-24-22-20-18-16-14-12-10-2)84-65(75)50-55(4)40-35-33-34-38-42-62(72)80-49-39-41-56(5)69(76)85-68-59(47-45-54(3)46-48-61(71)78-7)67(79-8)57(6)60-53-83-70(77)66(60)68/h45,55-56,58H,9-44,46-53H2,1-8H3. The predicted octanol–water partition coefficient (Wildman–Crippen LogP) is 17.3. The van der Waals surface area contributed by atoms with Gasteiger partial charge in [0.05, 0.1) is 26.7 Å². The lowest BCUT2D eigenvalue weighted by Crippen LogP contribution is -2.31. The zero-order valence-corrected chi connectivity index (χ0v) is 54.5. The first-order chi connectivity index (χ1) is 41.1. The quantitative estimate of drug-likeness (QED) is 0.0196. The van der Waals surface area contributed by atoms with E-state index in [0.717, 1.165) is 75.3 Å². The highest BCUT2D eigenvalue weighted by molar-refractivity contribution is 5.99. The van der Waals surface area contributed by atoms with Crippen molar-refractivity contribution in [2.45, 2.75) is 311 Å². The number of hydrogen-bond donors (Lipinski definition) is 0. The number of fused-ring (bicyclic) bond motifs is 1. The van der Waals surface area contributed by atoms with E-state index in [0.29, 0.717) is 55.4 Å². The Morgan fingerprint density at radius 2 is 0.988 bits per heavy atom. The van der Waals surface area contributed by atoms with E-state index in [4.69, 9.17) is 37.9 Å². The fourth-order valence-corrected chi connectivity index (χ4v) is 10.8. The average molecular weight is 1200 g/mol. The van der Waals surface area contributed by atoms with Crippen molar-refractivity contribution < 1.29 is 71.5 Å². The number of carbonyl (C=O) groups excluding carboxylic acids is 7. The van der Waals surface area contributed by atoms with Crippen molar-refractivity contribution >= 4 is 41.8 Å². The van der Waals surface area contributed by atoms with E-state index in [2.05, 4.69) is 13.8 Å². The highest BCUT2D eigenvalue weighted by Crippen LogP contribution is 2.43. The first-order valence-electron chi connectivity index (χ1n) is 33.6. The molecule has 2 unspecified atom stereocenters. The summed E-state index contributed by atoms with van der Waals surface area (Å²) in [5, 5.41) is 0. The van der Waals surface area contributed by atoms with Crippen LogP contribution < -0.4 is 9.47 Å². The molecule has 0 amide bonds. The van der Waals surface area contributed by atoms with Crippen LogP contribution in [0.15, 0.2) is 11.6 Å². The molecule has 85 heavy (non-hydrogen) atoms. The summed E-state index contributed by atoms with van der Waals surface area (Å²) in [6, 6.07) is 0. The van der Waals surface area contributed by atoms with Crippen molar-refractivity contribution in [1.82, 2.24) is 0 Å². The maximum absolute atomic E-state index is 13.5. The first kappa shape index (κ1) is 76.1. The van der Waals surface area contributed by atoms with Crippen LogP contribution >= 0.6 is 0 Å². The molecule has 1 aromatic carbocycles. The SMILES string of the molecule is CCCCCCCCCCCCCCCC(=O)OCC(COC(=O)CCCCCCCCCCCCCCC)OC(=O)CC(C)CCCCCCC(=O)OCCCC(C)C(=O)Oc1c(CC=C(C)CCC(=O)OC)c(OC)c(C)c2c1C(=O)OC2. The summed E-state index contributed by atoms with van der Waals surface area (Å²) in [5.74, 6) is -2.78. The number of benzene rings is 1. The molecule has 0 bridgehead atoms. The number of hydrogen-bond acceptors (Lipinski definition) is 15. The van der Waals surface area contributed by atoms with Gasteiger partial charge in [0.15, 0.2) is 11.9 Å². The minimum Gasteiger partial charge on any atom is -0.496 e. The molecule has 0 N–H and O–H groups in total. The third-order valence-corrected chi connectivity index (χ3v) is 16.4. The summed E-state index contributed by atoms with van der Waals surface area (Å²) in [5.41, 5.74) is 2.99. The van der Waals surface area contributed by atoms with Gasteiger partial charge in [0.2, 0.25) is 0 Å². The molecule has 2 atom stereocenters. The van der Waals surface area contributed by atoms with Gasteiger partial charge in [-0.25, -0.2) is 4.79 Å². The van der Waals surface area contributed by atoms with Crippen LogP contribution in [0.5, 0.6) is 11.5 Å². The Labute approximate surface area is 513 Å². The van der Waals surface area contributed by atoms with Crippen LogP contribution in [0.4, 0.5) is 0 Å². The van der Waals surface area contributed by atoms with Crippen LogP contribution in [0.3, 0.4) is 0 Å². The third-order valence-electron chi connectivity index (χ3n) is 16.4. The lowest BCUT2D eigenvalue weighted by molar-refractivity contribution is -0.167. The lowest BCUT2D eigenvalue weighted by atomic mass is 9.94. The van der Waals surface area contributed by atoms with Crippen LogP contribution in [0.25, 0.3) is 0 Å². The molecule has 1 aromatic rings. The Morgan fingerprint density at radius 3 is 1.46 bits per heavy atom. The van der Waals surface area contributed by atoms with Crippen molar-refractivity contribution in [2.24, 2.45) is 11.8 Å². The molecule has 0 saturated heterocycles. The maximum Gasteiger partial charge on any atom is 0.342 e. The smallest absolute Gasteiger partial charge is 0.342 e. The van der Waals surface area contributed by atoms with Crippen LogP contribution in [0.1, 0.15) is 312 Å². The summed E-state index contributed by atoms with van der Waals surface area (Å²) in [4.78, 5) is 89.6. The van der Waals surface area contributed by atoms with Gasteiger partial charge in [0.25, 0.3) is 0 Å². The van der Waals surface area contributed by atoms with Crippen molar-refractivity contribution in [1.29, 1.82) is 0 Å². The van der Waals surface area contributed by atoms with Gasteiger partial charge in [0.1, 0.15) is 31.1 Å². The van der Waals surface area contributed by atoms with Crippen LogP contribution in [-0.4, -0.2) is 81.9 Å². The average Bonchev–Trinajstić information content (AvgIpc) is 2.83. The summed E-state index contributed by atoms with van der Waals surface area (Å²) in [7, 11) is 2.87. The number of ether oxygens (including phenoxy) is 8. The monoisotopic (exact) mass is 1200 g/mol. The number of unbranched alkanes of at least 4 members (excludes halogenated alkanes) is 27. The molecule has 0 saturated carbocycles. The van der Waals surface area contributed by atoms with Crippen molar-refractivity contribution in [3.63, 3.8) is 0 Å². The van der Waals surface area contributed by atoms with E-state index in [1.807, 2.05) is 26.8 Å². The van der Waals surface area contributed by atoms with E-state index >= 15 is 0 Å². The number of allylic oxidation sites excluding steroid dienone is 2. The fraction of sp³-hybridized carbons (Fsp3) is 0.786. The van der Waals surface area contributed by atoms with Crippen molar-refractivity contribution in [3.05, 3.63) is 33.9 Å². The molecule has 1 aliphatic heterocycles. The maximum atomic E-state index is 13.5. The highest BCUT2D eigenvalue weighted by atomic mass is 16.6. The number of cyclic esters (lactones) is 1. The van der Waals surface area contributed by atoms with Crippen LogP contribution in [-0.2, 0) is 70.2 Å². The second-order valence-corrected chi connectivity index (χ2v) is 24.1. The van der Waals surface area contributed by atoms with Gasteiger partial charge >= 0.3 is 41.8 Å². The van der Waals surface area contributed by atoms with E-state index in [1.165, 1.54) is 143 Å². The molecule has 0 spiro atoms. The minimum atomic E-state index is -0.881. The summed E-state index contributed by atoms with van der Waals surface area (Å²) in [6.45, 7) is 11.8. The number of carbonyl (C=O) groups is 7. The second kappa shape index (κ2) is 49.1. The Morgan fingerprint density at radius 1 is 0.529 bits per heavy atom. The van der Waals surface area contributed by atoms with Gasteiger partial charge < -0.3 is 37.9 Å². The first-order valence-corrected chi connectivity index (χ1v) is 33.6. The molecule has 2 rings (SSSR count). The molecule has 15 nitrogen and oxygen atoms in total. The van der Waals surface area contributed by atoms with Gasteiger partial charge in [-0.3, -0.25) is 28.8 Å². The summed E-state index contributed by atoms with van der Waals surface area (Å²) >= 11 is 0. The van der Waals surface area contributed by atoms with Crippen molar-refractivity contribution in [2.75, 3.05) is 34.0 Å². The summed E-state index contributed by atoms with van der Waals surface area (Å²) < 4.78 is 44.3. The Hall–Kier alpha value is -4.95. The fourth-order valence-electron chi connectivity index (χ4n) is 10.8. The van der Waals surface area contributed by atoms with Crippen LogP contribution in [0, 0.1) is 18.8 Å². The molecule has 0 aromatic heterocycles. The van der Waals surface area contributed by atoms with E-state index in [1.54, 1.807) is 6.92 Å². The normalized spacial score (nSPS) is 12.8. The van der Waals surface area contributed by atoms with E-state index in [9.17, 15) is 33.6 Å². The molecular weight excluding hydrogens is 1080 g/mol. The molecule has 0 radical (unpaired) electrons. The molecule has 15 heteroatoms. The van der Waals surface area contributed by atoms with E-state index in [-0.39, 0.29) is 93.2 Å². The van der Waals surface area contributed by atoms with Crippen LogP contribution in [0.2, 0.25) is 0 Å². The predicted molar refractivity (Wildman–Crippen MR) is 334 cm³/mol. The van der Waals surface area contributed by atoms with Gasteiger partial charge in [-0.1, -0.05) is 219 Å².